The minimum atomic E-state index is -0.589. The molecule has 0 aliphatic heterocycles. The van der Waals surface area contributed by atoms with E-state index in [0.29, 0.717) is 5.56 Å². The first-order valence-electron chi connectivity index (χ1n) is 6.81. The number of carbonyl (C=O) groups is 1. The average molecular weight is 311 g/mol. The van der Waals surface area contributed by atoms with Crippen molar-refractivity contribution in [2.45, 2.75) is 0 Å². The van der Waals surface area contributed by atoms with Crippen LogP contribution in [0.3, 0.4) is 0 Å². The fourth-order valence-electron chi connectivity index (χ4n) is 2.28. The second-order valence-electron chi connectivity index (χ2n) is 4.87. The molecule has 0 aliphatic rings. The molecule has 22 heavy (non-hydrogen) atoms. The van der Waals surface area contributed by atoms with Crippen LogP contribution in [0.25, 0.3) is 11.1 Å². The Bertz CT molecular complexity index is 811. The SMILES string of the molecule is O=C(c1ccc(-c2ccccc2)cc1)c1cccc(F)c1Cl. The summed E-state index contributed by atoms with van der Waals surface area (Å²) in [5.74, 6) is -0.877. The number of hydrogen-bond acceptors (Lipinski definition) is 1. The van der Waals surface area contributed by atoms with Crippen molar-refractivity contribution < 1.29 is 9.18 Å². The Morgan fingerprint density at radius 3 is 2.09 bits per heavy atom. The number of carbonyl (C=O) groups excluding carboxylic acids is 1. The summed E-state index contributed by atoms with van der Waals surface area (Å²) in [5.41, 5.74) is 2.74. The fourth-order valence-corrected chi connectivity index (χ4v) is 2.49. The van der Waals surface area contributed by atoms with Gasteiger partial charge < -0.3 is 0 Å². The highest BCUT2D eigenvalue weighted by molar-refractivity contribution is 6.35. The van der Waals surface area contributed by atoms with Crippen molar-refractivity contribution in [2.24, 2.45) is 0 Å². The van der Waals surface area contributed by atoms with Crippen LogP contribution in [0.5, 0.6) is 0 Å². The summed E-state index contributed by atoms with van der Waals surface area (Å²) in [7, 11) is 0. The Morgan fingerprint density at radius 1 is 0.773 bits per heavy atom. The third-order valence-corrected chi connectivity index (χ3v) is 3.83. The first-order valence-corrected chi connectivity index (χ1v) is 7.19. The molecule has 3 rings (SSSR count). The molecule has 0 N–H and O–H groups in total. The highest BCUT2D eigenvalue weighted by Crippen LogP contribution is 2.24. The summed E-state index contributed by atoms with van der Waals surface area (Å²) in [6.45, 7) is 0. The van der Waals surface area contributed by atoms with E-state index in [2.05, 4.69) is 0 Å². The lowest BCUT2D eigenvalue weighted by Crippen LogP contribution is -2.03. The van der Waals surface area contributed by atoms with Crippen LogP contribution in [-0.2, 0) is 0 Å². The molecular formula is C19H12ClFO. The van der Waals surface area contributed by atoms with Crippen LogP contribution in [0.15, 0.2) is 72.8 Å². The van der Waals surface area contributed by atoms with Gasteiger partial charge in [0.05, 0.1) is 5.02 Å². The van der Waals surface area contributed by atoms with E-state index in [1.54, 1.807) is 12.1 Å². The zero-order valence-electron chi connectivity index (χ0n) is 11.6. The largest absolute Gasteiger partial charge is 0.289 e. The molecule has 0 bridgehead atoms. The van der Waals surface area contributed by atoms with E-state index in [4.69, 9.17) is 11.6 Å². The van der Waals surface area contributed by atoms with Crippen LogP contribution in [0.2, 0.25) is 5.02 Å². The van der Waals surface area contributed by atoms with Gasteiger partial charge >= 0.3 is 0 Å². The van der Waals surface area contributed by atoms with E-state index in [1.165, 1.54) is 18.2 Å². The molecular weight excluding hydrogens is 299 g/mol. The van der Waals surface area contributed by atoms with Crippen LogP contribution >= 0.6 is 11.6 Å². The maximum Gasteiger partial charge on any atom is 0.194 e. The fraction of sp³-hybridized carbons (Fsp3) is 0. The van der Waals surface area contributed by atoms with Crippen LogP contribution in [-0.4, -0.2) is 5.78 Å². The van der Waals surface area contributed by atoms with Crippen LogP contribution < -0.4 is 0 Å². The van der Waals surface area contributed by atoms with Crippen molar-refractivity contribution in [1.82, 2.24) is 0 Å². The maximum absolute atomic E-state index is 13.5. The Morgan fingerprint density at radius 2 is 1.41 bits per heavy atom. The summed E-state index contributed by atoms with van der Waals surface area (Å²) in [4.78, 5) is 12.4. The van der Waals surface area contributed by atoms with E-state index in [0.717, 1.165) is 11.1 Å². The minimum Gasteiger partial charge on any atom is -0.289 e. The molecule has 0 amide bonds. The zero-order valence-corrected chi connectivity index (χ0v) is 12.3. The molecule has 0 aliphatic carbocycles. The Labute approximate surface area is 133 Å². The van der Waals surface area contributed by atoms with Gasteiger partial charge in [0.25, 0.3) is 0 Å². The predicted molar refractivity (Wildman–Crippen MR) is 86.7 cm³/mol. The Hall–Kier alpha value is -2.45. The summed E-state index contributed by atoms with van der Waals surface area (Å²) < 4.78 is 13.5. The van der Waals surface area contributed by atoms with E-state index >= 15 is 0 Å². The second kappa shape index (κ2) is 6.12. The van der Waals surface area contributed by atoms with Gasteiger partial charge in [0, 0.05) is 11.1 Å². The first-order chi connectivity index (χ1) is 10.7. The summed E-state index contributed by atoms with van der Waals surface area (Å²) >= 11 is 5.87. The van der Waals surface area contributed by atoms with Crippen LogP contribution in [0.1, 0.15) is 15.9 Å². The second-order valence-corrected chi connectivity index (χ2v) is 5.25. The van der Waals surface area contributed by atoms with E-state index in [-0.39, 0.29) is 16.4 Å². The summed E-state index contributed by atoms with van der Waals surface area (Å²) in [6, 6.07) is 21.3. The topological polar surface area (TPSA) is 17.1 Å². The first kappa shape index (κ1) is 14.5. The van der Waals surface area contributed by atoms with Gasteiger partial charge in [0.1, 0.15) is 5.82 Å². The summed E-state index contributed by atoms with van der Waals surface area (Å²) in [6.07, 6.45) is 0. The van der Waals surface area contributed by atoms with Crippen molar-refractivity contribution in [3.8, 4) is 11.1 Å². The van der Waals surface area contributed by atoms with Gasteiger partial charge in [-0.3, -0.25) is 4.79 Å². The molecule has 108 valence electrons. The molecule has 0 heterocycles. The van der Waals surface area contributed by atoms with Gasteiger partial charge in [0.2, 0.25) is 0 Å². The molecule has 0 saturated heterocycles. The number of benzene rings is 3. The molecule has 3 heteroatoms. The minimum absolute atomic E-state index is 0.139. The average Bonchev–Trinajstić information content (AvgIpc) is 2.58. The van der Waals surface area contributed by atoms with Gasteiger partial charge in [-0.15, -0.1) is 0 Å². The highest BCUT2D eigenvalue weighted by atomic mass is 35.5. The van der Waals surface area contributed by atoms with Crippen molar-refractivity contribution in [3.05, 3.63) is 94.8 Å². The third kappa shape index (κ3) is 2.78. The standard InChI is InChI=1S/C19H12ClFO/c20-18-16(7-4-8-17(18)21)19(22)15-11-9-14(10-12-15)13-5-2-1-3-6-13/h1-12H. The van der Waals surface area contributed by atoms with Crippen LogP contribution in [0, 0.1) is 5.82 Å². The molecule has 0 spiro atoms. The third-order valence-electron chi connectivity index (χ3n) is 3.45. The molecule has 0 fully saturated rings. The lowest BCUT2D eigenvalue weighted by Gasteiger charge is -2.06. The Balaban J connectivity index is 1.93. The van der Waals surface area contributed by atoms with Gasteiger partial charge in [-0.05, 0) is 23.3 Å². The normalized spacial score (nSPS) is 10.5. The molecule has 3 aromatic rings. The lowest BCUT2D eigenvalue weighted by molar-refractivity contribution is 0.103. The lowest BCUT2D eigenvalue weighted by atomic mass is 9.99. The zero-order chi connectivity index (χ0) is 15.5. The number of ketones is 1. The molecule has 0 aromatic heterocycles. The van der Waals surface area contributed by atoms with Gasteiger partial charge in [0.15, 0.2) is 5.78 Å². The van der Waals surface area contributed by atoms with Gasteiger partial charge in [-0.1, -0.05) is 72.3 Å². The number of rotatable bonds is 3. The number of hydrogen-bond donors (Lipinski definition) is 0. The molecule has 0 atom stereocenters. The van der Waals surface area contributed by atoms with Crippen molar-refractivity contribution in [3.63, 3.8) is 0 Å². The van der Waals surface area contributed by atoms with Crippen molar-refractivity contribution >= 4 is 17.4 Å². The monoisotopic (exact) mass is 310 g/mol. The molecule has 0 unspecified atom stereocenters. The van der Waals surface area contributed by atoms with E-state index < -0.39 is 5.82 Å². The van der Waals surface area contributed by atoms with Gasteiger partial charge in [-0.25, -0.2) is 4.39 Å². The molecule has 1 nitrogen and oxygen atoms in total. The maximum atomic E-state index is 13.5. The van der Waals surface area contributed by atoms with Crippen molar-refractivity contribution in [1.29, 1.82) is 0 Å². The predicted octanol–water partition coefficient (Wildman–Crippen LogP) is 5.38. The van der Waals surface area contributed by atoms with Crippen molar-refractivity contribution in [2.75, 3.05) is 0 Å². The Kier molecular flexibility index (Phi) is 4.03. The van der Waals surface area contributed by atoms with Crippen LogP contribution in [0.4, 0.5) is 4.39 Å². The number of halogens is 2. The van der Waals surface area contributed by atoms with E-state index in [9.17, 15) is 9.18 Å². The summed E-state index contributed by atoms with van der Waals surface area (Å²) in [5, 5.41) is -0.139. The molecule has 3 aromatic carbocycles. The molecule has 0 saturated carbocycles. The van der Waals surface area contributed by atoms with Gasteiger partial charge in [-0.2, -0.15) is 0 Å². The molecule has 0 radical (unpaired) electrons. The van der Waals surface area contributed by atoms with E-state index in [1.807, 2.05) is 42.5 Å². The smallest absolute Gasteiger partial charge is 0.194 e. The quantitative estimate of drug-likeness (QED) is 0.594. The highest BCUT2D eigenvalue weighted by Gasteiger charge is 2.15.